The number of nitrogens with zero attached hydrogens (tertiary/aromatic N) is 3. The quantitative estimate of drug-likeness (QED) is 0.773. The summed E-state index contributed by atoms with van der Waals surface area (Å²) in [6.07, 6.45) is 4.15. The summed E-state index contributed by atoms with van der Waals surface area (Å²) in [5, 5.41) is 7.65. The number of hydrogen-bond donors (Lipinski definition) is 0. The van der Waals surface area contributed by atoms with Crippen LogP contribution in [0.3, 0.4) is 0 Å². The van der Waals surface area contributed by atoms with E-state index in [0.29, 0.717) is 12.1 Å². The highest BCUT2D eigenvalue weighted by Crippen LogP contribution is 2.10. The lowest BCUT2D eigenvalue weighted by Gasteiger charge is -2.11. The van der Waals surface area contributed by atoms with Crippen molar-refractivity contribution in [3.05, 3.63) is 47.8 Å². The van der Waals surface area contributed by atoms with Crippen LogP contribution in [-0.4, -0.2) is 27.1 Å². The Bertz CT molecular complexity index is 537. The first-order chi connectivity index (χ1) is 9.19. The minimum atomic E-state index is -0.283. The lowest BCUT2D eigenvalue weighted by atomic mass is 10.1. The molecule has 5 heteroatoms. The Morgan fingerprint density at radius 1 is 1.47 bits per heavy atom. The Hall–Kier alpha value is -2.17. The van der Waals surface area contributed by atoms with Crippen molar-refractivity contribution < 1.29 is 9.53 Å². The summed E-state index contributed by atoms with van der Waals surface area (Å²) >= 11 is 0. The second-order valence-corrected chi connectivity index (χ2v) is 4.43. The maximum atomic E-state index is 11.9. The largest absolute Gasteiger partial charge is 0.459 e. The van der Waals surface area contributed by atoms with Crippen molar-refractivity contribution in [2.45, 2.75) is 32.9 Å². The Morgan fingerprint density at radius 3 is 3.00 bits per heavy atom. The van der Waals surface area contributed by atoms with E-state index < -0.39 is 0 Å². The molecule has 1 aromatic carbocycles. The Labute approximate surface area is 112 Å². The van der Waals surface area contributed by atoms with Crippen LogP contribution in [0.2, 0.25) is 0 Å². The molecule has 0 fully saturated rings. The fourth-order valence-electron chi connectivity index (χ4n) is 1.63. The van der Waals surface area contributed by atoms with Crippen molar-refractivity contribution in [1.29, 1.82) is 0 Å². The van der Waals surface area contributed by atoms with E-state index in [4.69, 9.17) is 4.74 Å². The lowest BCUT2D eigenvalue weighted by Crippen LogP contribution is -2.14. The molecule has 2 rings (SSSR count). The first kappa shape index (κ1) is 13.3. The number of aromatic nitrogens is 3. The molecule has 1 atom stereocenters. The maximum Gasteiger partial charge on any atom is 0.338 e. The molecule has 19 heavy (non-hydrogen) atoms. The van der Waals surface area contributed by atoms with Gasteiger partial charge in [-0.1, -0.05) is 24.3 Å². The minimum absolute atomic E-state index is 0.0635. The number of carbonyl (C=O) groups excluding carboxylic acids is 1. The van der Waals surface area contributed by atoms with Gasteiger partial charge in [0.05, 0.1) is 24.4 Å². The predicted molar refractivity (Wildman–Crippen MR) is 70.7 cm³/mol. The third-order valence-electron chi connectivity index (χ3n) is 2.86. The number of ether oxygens (including phenoxy) is 1. The second kappa shape index (κ2) is 6.13. The third-order valence-corrected chi connectivity index (χ3v) is 2.86. The fourth-order valence-corrected chi connectivity index (χ4v) is 1.63. The smallest absolute Gasteiger partial charge is 0.338 e. The fraction of sp³-hybridized carbons (Fsp3) is 0.357. The number of carbonyl (C=O) groups is 1. The van der Waals surface area contributed by atoms with E-state index in [9.17, 15) is 4.79 Å². The summed E-state index contributed by atoms with van der Waals surface area (Å²) in [5.74, 6) is -0.283. The zero-order valence-corrected chi connectivity index (χ0v) is 11.1. The molecule has 0 aliphatic heterocycles. The molecule has 0 aliphatic carbocycles. The van der Waals surface area contributed by atoms with Gasteiger partial charge in [-0.15, -0.1) is 5.10 Å². The van der Waals surface area contributed by atoms with Crippen LogP contribution in [0, 0.1) is 0 Å². The first-order valence-corrected chi connectivity index (χ1v) is 6.33. The standard InChI is InChI=1S/C14H17N3O2/c1-3-11(2)19-14(18)13-6-4-5-12(9-13)10-17-8-7-15-16-17/h4-9,11H,3,10H2,1-2H3. The number of rotatable bonds is 5. The lowest BCUT2D eigenvalue weighted by molar-refractivity contribution is 0.0334. The van der Waals surface area contributed by atoms with Crippen molar-refractivity contribution >= 4 is 5.97 Å². The van der Waals surface area contributed by atoms with E-state index in [0.717, 1.165) is 12.0 Å². The SMILES string of the molecule is CCC(C)OC(=O)c1cccc(Cn2ccnn2)c1. The number of hydrogen-bond acceptors (Lipinski definition) is 4. The highest BCUT2D eigenvalue weighted by Gasteiger charge is 2.11. The van der Waals surface area contributed by atoms with Gasteiger partial charge in [0.25, 0.3) is 0 Å². The van der Waals surface area contributed by atoms with Gasteiger partial charge in [0.2, 0.25) is 0 Å². The molecule has 0 spiro atoms. The van der Waals surface area contributed by atoms with Gasteiger partial charge < -0.3 is 4.74 Å². The molecular weight excluding hydrogens is 242 g/mol. The van der Waals surface area contributed by atoms with Crippen molar-refractivity contribution in [2.24, 2.45) is 0 Å². The van der Waals surface area contributed by atoms with Crippen LogP contribution >= 0.6 is 0 Å². The number of esters is 1. The molecule has 1 heterocycles. The molecule has 0 saturated heterocycles. The highest BCUT2D eigenvalue weighted by molar-refractivity contribution is 5.89. The van der Waals surface area contributed by atoms with Crippen molar-refractivity contribution in [3.8, 4) is 0 Å². The molecule has 2 aromatic rings. The molecule has 5 nitrogen and oxygen atoms in total. The molecule has 1 aromatic heterocycles. The van der Waals surface area contributed by atoms with Gasteiger partial charge in [-0.25, -0.2) is 9.48 Å². The summed E-state index contributed by atoms with van der Waals surface area (Å²) in [6.45, 7) is 4.46. The summed E-state index contributed by atoms with van der Waals surface area (Å²) in [4.78, 5) is 11.9. The molecule has 0 aliphatic rings. The van der Waals surface area contributed by atoms with E-state index in [1.807, 2.05) is 32.0 Å². The zero-order valence-electron chi connectivity index (χ0n) is 11.1. The third kappa shape index (κ3) is 3.64. The summed E-state index contributed by atoms with van der Waals surface area (Å²) in [6, 6.07) is 7.38. The summed E-state index contributed by atoms with van der Waals surface area (Å²) in [5.41, 5.74) is 1.56. The molecule has 0 radical (unpaired) electrons. The normalized spacial score (nSPS) is 12.1. The van der Waals surface area contributed by atoms with Crippen LogP contribution in [0.25, 0.3) is 0 Å². The molecule has 0 N–H and O–H groups in total. The van der Waals surface area contributed by atoms with Crippen molar-refractivity contribution in [1.82, 2.24) is 15.0 Å². The molecule has 1 unspecified atom stereocenters. The minimum Gasteiger partial charge on any atom is -0.459 e. The van der Waals surface area contributed by atoms with Gasteiger partial charge in [0, 0.05) is 6.20 Å². The van der Waals surface area contributed by atoms with Crippen LogP contribution in [0.5, 0.6) is 0 Å². The van der Waals surface area contributed by atoms with Crippen LogP contribution < -0.4 is 0 Å². The van der Waals surface area contributed by atoms with E-state index in [1.165, 1.54) is 0 Å². The summed E-state index contributed by atoms with van der Waals surface area (Å²) in [7, 11) is 0. The first-order valence-electron chi connectivity index (χ1n) is 6.33. The Kier molecular flexibility index (Phi) is 4.28. The van der Waals surface area contributed by atoms with Gasteiger partial charge in [-0.3, -0.25) is 0 Å². The molecule has 0 saturated carbocycles. The number of benzene rings is 1. The zero-order chi connectivity index (χ0) is 13.7. The van der Waals surface area contributed by atoms with Crippen LogP contribution in [0.1, 0.15) is 36.2 Å². The molecule has 100 valence electrons. The Morgan fingerprint density at radius 2 is 2.32 bits per heavy atom. The van der Waals surface area contributed by atoms with Gasteiger partial charge in [-0.05, 0) is 31.0 Å². The van der Waals surface area contributed by atoms with E-state index >= 15 is 0 Å². The van der Waals surface area contributed by atoms with E-state index in [1.54, 1.807) is 23.1 Å². The Balaban J connectivity index is 2.08. The van der Waals surface area contributed by atoms with E-state index in [-0.39, 0.29) is 12.1 Å². The molecule has 0 bridgehead atoms. The predicted octanol–water partition coefficient (Wildman–Crippen LogP) is 2.28. The topological polar surface area (TPSA) is 57.0 Å². The average Bonchev–Trinajstić information content (AvgIpc) is 2.91. The molecular formula is C14H17N3O2. The van der Waals surface area contributed by atoms with Gasteiger partial charge >= 0.3 is 5.97 Å². The van der Waals surface area contributed by atoms with Crippen molar-refractivity contribution in [2.75, 3.05) is 0 Å². The van der Waals surface area contributed by atoms with E-state index in [2.05, 4.69) is 10.3 Å². The van der Waals surface area contributed by atoms with Gasteiger partial charge in [-0.2, -0.15) is 0 Å². The van der Waals surface area contributed by atoms with Crippen molar-refractivity contribution in [3.63, 3.8) is 0 Å². The highest BCUT2D eigenvalue weighted by atomic mass is 16.5. The van der Waals surface area contributed by atoms with Gasteiger partial charge in [0.1, 0.15) is 0 Å². The van der Waals surface area contributed by atoms with Crippen LogP contribution in [0.15, 0.2) is 36.7 Å². The maximum absolute atomic E-state index is 11.9. The monoisotopic (exact) mass is 259 g/mol. The van der Waals surface area contributed by atoms with Crippen LogP contribution in [-0.2, 0) is 11.3 Å². The summed E-state index contributed by atoms with van der Waals surface area (Å²) < 4.78 is 7.01. The van der Waals surface area contributed by atoms with Gasteiger partial charge in [0.15, 0.2) is 0 Å². The molecule has 0 amide bonds. The average molecular weight is 259 g/mol. The van der Waals surface area contributed by atoms with Crippen LogP contribution in [0.4, 0.5) is 0 Å². The second-order valence-electron chi connectivity index (χ2n) is 4.43.